The standard InChI is InChI=1S/C17H26N2/c1-2-17(18)15-10-6-5-9-14(15)13-16(17)19-11-7-3-4-8-12-19/h5-6,9-10,16H,2-4,7-8,11-13,18H2,1H3. The minimum atomic E-state index is -0.138. The molecule has 1 aliphatic carbocycles. The van der Waals surface area contributed by atoms with E-state index in [-0.39, 0.29) is 5.54 Å². The molecule has 0 aromatic heterocycles. The van der Waals surface area contributed by atoms with Gasteiger partial charge in [-0.15, -0.1) is 0 Å². The summed E-state index contributed by atoms with van der Waals surface area (Å²) >= 11 is 0. The Kier molecular flexibility index (Phi) is 3.64. The van der Waals surface area contributed by atoms with Crippen LogP contribution in [0.1, 0.15) is 50.2 Å². The average molecular weight is 258 g/mol. The molecule has 1 heterocycles. The van der Waals surface area contributed by atoms with Crippen LogP contribution in [0.15, 0.2) is 24.3 Å². The lowest BCUT2D eigenvalue weighted by molar-refractivity contribution is 0.131. The third-order valence-corrected chi connectivity index (χ3v) is 5.19. The molecule has 1 aromatic rings. The van der Waals surface area contributed by atoms with Gasteiger partial charge in [0.25, 0.3) is 0 Å². The lowest BCUT2D eigenvalue weighted by Crippen LogP contribution is -2.53. The van der Waals surface area contributed by atoms with E-state index in [0.717, 1.165) is 12.8 Å². The molecule has 2 nitrogen and oxygen atoms in total. The van der Waals surface area contributed by atoms with Crippen molar-refractivity contribution in [1.82, 2.24) is 4.90 Å². The number of nitrogens with two attached hydrogens (primary N) is 1. The van der Waals surface area contributed by atoms with Crippen molar-refractivity contribution >= 4 is 0 Å². The van der Waals surface area contributed by atoms with Crippen LogP contribution in [0.25, 0.3) is 0 Å². The maximum atomic E-state index is 6.85. The molecule has 0 saturated carbocycles. The zero-order chi connectivity index (χ0) is 13.3. The van der Waals surface area contributed by atoms with Crippen LogP contribution in [0.5, 0.6) is 0 Å². The smallest absolute Gasteiger partial charge is 0.0570 e. The first kappa shape index (κ1) is 13.1. The van der Waals surface area contributed by atoms with Crippen molar-refractivity contribution in [3.63, 3.8) is 0 Å². The molecule has 1 aliphatic heterocycles. The molecule has 0 bridgehead atoms. The molecule has 2 unspecified atom stereocenters. The van der Waals surface area contributed by atoms with Crippen molar-refractivity contribution in [2.45, 2.75) is 57.0 Å². The summed E-state index contributed by atoms with van der Waals surface area (Å²) in [6, 6.07) is 9.31. The molecular weight excluding hydrogens is 232 g/mol. The highest BCUT2D eigenvalue weighted by atomic mass is 15.2. The normalized spacial score (nSPS) is 32.0. The Morgan fingerprint density at radius 3 is 2.53 bits per heavy atom. The van der Waals surface area contributed by atoms with Gasteiger partial charge in [-0.1, -0.05) is 44.0 Å². The van der Waals surface area contributed by atoms with Gasteiger partial charge < -0.3 is 5.73 Å². The first-order valence-electron chi connectivity index (χ1n) is 7.87. The highest BCUT2D eigenvalue weighted by Crippen LogP contribution is 2.40. The lowest BCUT2D eigenvalue weighted by Gasteiger charge is -2.39. The Morgan fingerprint density at radius 1 is 1.16 bits per heavy atom. The number of hydrogen-bond donors (Lipinski definition) is 1. The van der Waals surface area contributed by atoms with Crippen molar-refractivity contribution in [3.05, 3.63) is 35.4 Å². The molecule has 0 spiro atoms. The summed E-state index contributed by atoms with van der Waals surface area (Å²) in [5.74, 6) is 0. The van der Waals surface area contributed by atoms with Crippen LogP contribution >= 0.6 is 0 Å². The van der Waals surface area contributed by atoms with E-state index >= 15 is 0 Å². The van der Waals surface area contributed by atoms with Gasteiger partial charge in [-0.05, 0) is 49.9 Å². The molecule has 0 radical (unpaired) electrons. The van der Waals surface area contributed by atoms with E-state index in [2.05, 4.69) is 36.1 Å². The summed E-state index contributed by atoms with van der Waals surface area (Å²) < 4.78 is 0. The summed E-state index contributed by atoms with van der Waals surface area (Å²) in [5, 5.41) is 0. The SMILES string of the molecule is CCC1(N)c2ccccc2CC1N1CCCCCC1. The van der Waals surface area contributed by atoms with Crippen LogP contribution in [-0.2, 0) is 12.0 Å². The predicted octanol–water partition coefficient (Wildman–Crippen LogP) is 3.05. The molecule has 0 amide bonds. The summed E-state index contributed by atoms with van der Waals surface area (Å²) in [4.78, 5) is 2.68. The van der Waals surface area contributed by atoms with Gasteiger partial charge in [-0.3, -0.25) is 4.90 Å². The Labute approximate surface area is 117 Å². The van der Waals surface area contributed by atoms with Crippen LogP contribution in [0.3, 0.4) is 0 Å². The van der Waals surface area contributed by atoms with Gasteiger partial charge in [0, 0.05) is 6.04 Å². The summed E-state index contributed by atoms with van der Waals surface area (Å²) in [6.07, 6.45) is 7.63. The third-order valence-electron chi connectivity index (χ3n) is 5.19. The highest BCUT2D eigenvalue weighted by molar-refractivity contribution is 5.41. The molecule has 1 saturated heterocycles. The van der Waals surface area contributed by atoms with E-state index < -0.39 is 0 Å². The van der Waals surface area contributed by atoms with Gasteiger partial charge in [-0.2, -0.15) is 0 Å². The lowest BCUT2D eigenvalue weighted by atomic mass is 9.86. The van der Waals surface area contributed by atoms with Gasteiger partial charge in [-0.25, -0.2) is 0 Å². The molecule has 19 heavy (non-hydrogen) atoms. The van der Waals surface area contributed by atoms with Crippen molar-refractivity contribution in [1.29, 1.82) is 0 Å². The molecule has 2 N–H and O–H groups in total. The zero-order valence-corrected chi connectivity index (χ0v) is 12.1. The van der Waals surface area contributed by atoms with Crippen LogP contribution in [-0.4, -0.2) is 24.0 Å². The van der Waals surface area contributed by atoms with Crippen molar-refractivity contribution in [2.75, 3.05) is 13.1 Å². The quantitative estimate of drug-likeness (QED) is 0.883. The monoisotopic (exact) mass is 258 g/mol. The van der Waals surface area contributed by atoms with E-state index in [1.807, 2.05) is 0 Å². The fourth-order valence-corrected chi connectivity index (χ4v) is 4.01. The van der Waals surface area contributed by atoms with Crippen molar-refractivity contribution in [2.24, 2.45) is 5.73 Å². The predicted molar refractivity (Wildman–Crippen MR) is 80.1 cm³/mol. The van der Waals surface area contributed by atoms with Gasteiger partial charge in [0.1, 0.15) is 0 Å². The second-order valence-electron chi connectivity index (χ2n) is 6.22. The Morgan fingerprint density at radius 2 is 1.84 bits per heavy atom. The fraction of sp³-hybridized carbons (Fsp3) is 0.647. The van der Waals surface area contributed by atoms with Crippen molar-refractivity contribution < 1.29 is 0 Å². The topological polar surface area (TPSA) is 29.3 Å². The largest absolute Gasteiger partial charge is 0.320 e. The fourth-order valence-electron chi connectivity index (χ4n) is 4.01. The molecule has 2 aliphatic rings. The van der Waals surface area contributed by atoms with Crippen LogP contribution in [0.4, 0.5) is 0 Å². The van der Waals surface area contributed by atoms with Gasteiger partial charge in [0.05, 0.1) is 5.54 Å². The number of benzene rings is 1. The van der Waals surface area contributed by atoms with E-state index in [1.54, 1.807) is 0 Å². The maximum Gasteiger partial charge on any atom is 0.0570 e. The van der Waals surface area contributed by atoms with E-state index in [1.165, 1.54) is 49.9 Å². The maximum absolute atomic E-state index is 6.85. The third kappa shape index (κ3) is 2.21. The first-order valence-corrected chi connectivity index (χ1v) is 7.87. The molecule has 2 atom stereocenters. The minimum absolute atomic E-state index is 0.138. The molecule has 3 rings (SSSR count). The Bertz CT molecular complexity index is 435. The summed E-state index contributed by atoms with van der Waals surface area (Å²) in [6.45, 7) is 4.71. The second-order valence-corrected chi connectivity index (χ2v) is 6.22. The number of hydrogen-bond acceptors (Lipinski definition) is 2. The van der Waals surface area contributed by atoms with Crippen LogP contribution < -0.4 is 5.73 Å². The summed E-state index contributed by atoms with van der Waals surface area (Å²) in [5.41, 5.74) is 9.58. The van der Waals surface area contributed by atoms with E-state index in [0.29, 0.717) is 6.04 Å². The van der Waals surface area contributed by atoms with Crippen LogP contribution in [0, 0.1) is 0 Å². The summed E-state index contributed by atoms with van der Waals surface area (Å²) in [7, 11) is 0. The first-order chi connectivity index (χ1) is 9.25. The van der Waals surface area contributed by atoms with Crippen LogP contribution in [0.2, 0.25) is 0 Å². The zero-order valence-electron chi connectivity index (χ0n) is 12.1. The number of nitrogens with zero attached hydrogens (tertiary/aromatic N) is 1. The van der Waals surface area contributed by atoms with Gasteiger partial charge in [0.15, 0.2) is 0 Å². The Balaban J connectivity index is 1.90. The minimum Gasteiger partial charge on any atom is -0.320 e. The van der Waals surface area contributed by atoms with E-state index in [9.17, 15) is 0 Å². The Hall–Kier alpha value is -0.860. The van der Waals surface area contributed by atoms with Gasteiger partial charge in [0.2, 0.25) is 0 Å². The molecule has 1 fully saturated rings. The van der Waals surface area contributed by atoms with Crippen molar-refractivity contribution in [3.8, 4) is 0 Å². The second kappa shape index (κ2) is 5.26. The average Bonchev–Trinajstić information content (AvgIpc) is 2.62. The van der Waals surface area contributed by atoms with Gasteiger partial charge >= 0.3 is 0 Å². The molecular formula is C17H26N2. The molecule has 104 valence electrons. The van der Waals surface area contributed by atoms with E-state index in [4.69, 9.17) is 5.73 Å². The highest BCUT2D eigenvalue weighted by Gasteiger charge is 2.44. The molecule has 2 heteroatoms. The number of fused-ring (bicyclic) bond motifs is 1. The number of likely N-dealkylation sites (tertiary alicyclic amines) is 1. The number of rotatable bonds is 2. The molecule has 1 aromatic carbocycles.